The second kappa shape index (κ2) is 10.5. The van der Waals surface area contributed by atoms with Gasteiger partial charge in [-0.3, -0.25) is 9.36 Å². The van der Waals surface area contributed by atoms with Gasteiger partial charge in [0.05, 0.1) is 18.5 Å². The minimum Gasteiger partial charge on any atom is -0.495 e. The number of ether oxygens (including phenoxy) is 1. The molecule has 3 aromatic rings. The fourth-order valence-electron chi connectivity index (χ4n) is 3.54. The Morgan fingerprint density at radius 3 is 2.66 bits per heavy atom. The van der Waals surface area contributed by atoms with Crippen LogP contribution in [0.15, 0.2) is 47.6 Å². The Labute approximate surface area is 201 Å². The predicted molar refractivity (Wildman–Crippen MR) is 130 cm³/mol. The molecule has 1 aromatic heterocycles. The summed E-state index contributed by atoms with van der Waals surface area (Å²) in [6.07, 6.45) is 2.57. The molecule has 10 heteroatoms. The maximum atomic E-state index is 12.5. The largest absolute Gasteiger partial charge is 0.495 e. The smallest absolute Gasteiger partial charge is 0.232 e. The van der Waals surface area contributed by atoms with Gasteiger partial charge < -0.3 is 15.0 Å². The number of rotatable bonds is 8. The Morgan fingerprint density at radius 1 is 1.12 bits per heavy atom. The topological polar surface area (TPSA) is 72.3 Å². The predicted octanol–water partition coefficient (Wildman–Crippen LogP) is 5.30. The number of anilines is 2. The molecule has 0 aliphatic carbocycles. The fourth-order valence-corrected chi connectivity index (χ4v) is 4.79. The lowest BCUT2D eigenvalue weighted by Gasteiger charge is -2.18. The molecule has 168 valence electrons. The third-order valence-corrected chi connectivity index (χ3v) is 6.47. The van der Waals surface area contributed by atoms with Gasteiger partial charge in [0.25, 0.3) is 0 Å². The summed E-state index contributed by atoms with van der Waals surface area (Å²) in [5.41, 5.74) is 1.45. The highest BCUT2D eigenvalue weighted by Gasteiger charge is 2.22. The molecule has 0 atom stereocenters. The first-order valence-corrected chi connectivity index (χ1v) is 12.0. The molecule has 0 radical (unpaired) electrons. The first kappa shape index (κ1) is 22.8. The Bertz CT molecular complexity index is 1100. The number of thioether (sulfide) groups is 1. The molecule has 0 spiro atoms. The van der Waals surface area contributed by atoms with Gasteiger partial charge in [-0.05, 0) is 49.2 Å². The van der Waals surface area contributed by atoms with Gasteiger partial charge in [-0.2, -0.15) is 0 Å². The Kier molecular flexibility index (Phi) is 7.44. The lowest BCUT2D eigenvalue weighted by atomic mass is 10.3. The van der Waals surface area contributed by atoms with Crippen molar-refractivity contribution in [1.29, 1.82) is 0 Å². The first-order valence-electron chi connectivity index (χ1n) is 10.3. The molecule has 0 saturated carbocycles. The second-order valence-corrected chi connectivity index (χ2v) is 9.22. The van der Waals surface area contributed by atoms with Crippen molar-refractivity contribution < 1.29 is 9.53 Å². The van der Waals surface area contributed by atoms with Crippen LogP contribution in [0.4, 0.5) is 11.6 Å². The number of hydrogen-bond donors (Lipinski definition) is 1. The van der Waals surface area contributed by atoms with Gasteiger partial charge in [0.1, 0.15) is 5.75 Å². The normalized spacial score (nSPS) is 13.4. The van der Waals surface area contributed by atoms with E-state index in [0.717, 1.165) is 42.7 Å². The van der Waals surface area contributed by atoms with Crippen LogP contribution in [-0.4, -0.2) is 46.6 Å². The molecular formula is C22H23Cl2N5O2S. The minimum absolute atomic E-state index is 0.133. The SMILES string of the molecule is COc1ccc(Cl)cc1NC(=O)CCSc1nnc(N2CCCC2)n1-c1cccc(Cl)c1. The van der Waals surface area contributed by atoms with E-state index in [1.54, 1.807) is 25.3 Å². The van der Waals surface area contributed by atoms with Crippen LogP contribution in [0.3, 0.4) is 0 Å². The molecule has 1 aliphatic rings. The van der Waals surface area contributed by atoms with E-state index in [4.69, 9.17) is 27.9 Å². The highest BCUT2D eigenvalue weighted by Crippen LogP contribution is 2.31. The second-order valence-electron chi connectivity index (χ2n) is 7.28. The summed E-state index contributed by atoms with van der Waals surface area (Å²) in [5.74, 6) is 1.77. The zero-order valence-corrected chi connectivity index (χ0v) is 19.9. The average Bonchev–Trinajstić information content (AvgIpc) is 3.44. The number of nitrogens with one attached hydrogen (secondary N) is 1. The van der Waals surface area contributed by atoms with Crippen molar-refractivity contribution in [3.8, 4) is 11.4 Å². The van der Waals surface area contributed by atoms with E-state index in [2.05, 4.69) is 20.4 Å². The minimum atomic E-state index is -0.133. The van der Waals surface area contributed by atoms with Gasteiger partial charge in [0, 0.05) is 35.3 Å². The number of benzene rings is 2. The van der Waals surface area contributed by atoms with Crippen molar-refractivity contribution in [3.63, 3.8) is 0 Å². The Morgan fingerprint density at radius 2 is 1.91 bits per heavy atom. The van der Waals surface area contributed by atoms with Crippen molar-refractivity contribution in [1.82, 2.24) is 14.8 Å². The first-order chi connectivity index (χ1) is 15.5. The van der Waals surface area contributed by atoms with Crippen LogP contribution in [-0.2, 0) is 4.79 Å². The fraction of sp³-hybridized carbons (Fsp3) is 0.318. The van der Waals surface area contributed by atoms with Gasteiger partial charge >= 0.3 is 0 Å². The Balaban J connectivity index is 1.46. The van der Waals surface area contributed by atoms with Crippen molar-refractivity contribution in [3.05, 3.63) is 52.5 Å². The van der Waals surface area contributed by atoms with Crippen molar-refractivity contribution >= 4 is 52.5 Å². The summed E-state index contributed by atoms with van der Waals surface area (Å²) < 4.78 is 7.30. The van der Waals surface area contributed by atoms with E-state index in [0.29, 0.717) is 33.7 Å². The van der Waals surface area contributed by atoms with Crippen LogP contribution in [0.5, 0.6) is 5.75 Å². The highest BCUT2D eigenvalue weighted by atomic mass is 35.5. The maximum absolute atomic E-state index is 12.5. The van der Waals surface area contributed by atoms with Crippen molar-refractivity contribution in [2.45, 2.75) is 24.4 Å². The molecular weight excluding hydrogens is 469 g/mol. The van der Waals surface area contributed by atoms with E-state index in [9.17, 15) is 4.79 Å². The third-order valence-electron chi connectivity index (χ3n) is 5.07. The summed E-state index contributed by atoms with van der Waals surface area (Å²) in [6.45, 7) is 1.90. The van der Waals surface area contributed by atoms with Crippen LogP contribution < -0.4 is 15.0 Å². The number of carbonyl (C=O) groups excluding carboxylic acids is 1. The summed E-state index contributed by atoms with van der Waals surface area (Å²) in [4.78, 5) is 14.7. The van der Waals surface area contributed by atoms with Gasteiger partial charge in [0.2, 0.25) is 11.9 Å². The average molecular weight is 492 g/mol. The van der Waals surface area contributed by atoms with Crippen LogP contribution in [0, 0.1) is 0 Å². The van der Waals surface area contributed by atoms with Crippen LogP contribution in [0.25, 0.3) is 5.69 Å². The molecule has 2 aromatic carbocycles. The van der Waals surface area contributed by atoms with Gasteiger partial charge in [-0.1, -0.05) is 41.0 Å². The molecule has 1 amide bonds. The van der Waals surface area contributed by atoms with E-state index in [1.807, 2.05) is 28.8 Å². The van der Waals surface area contributed by atoms with Crippen molar-refractivity contribution in [2.75, 3.05) is 36.2 Å². The zero-order chi connectivity index (χ0) is 22.5. The Hall–Kier alpha value is -2.42. The summed E-state index contributed by atoms with van der Waals surface area (Å²) in [5, 5.41) is 13.6. The number of halogens is 2. The standard InChI is InChI=1S/C22H23Cl2N5O2S/c1-31-19-8-7-16(24)14-18(19)25-20(30)9-12-32-22-27-26-21(28-10-2-3-11-28)29(22)17-6-4-5-15(23)13-17/h4-8,13-14H,2-3,9-12H2,1H3,(H,25,30). The molecule has 2 heterocycles. The number of carbonyl (C=O) groups is 1. The third kappa shape index (κ3) is 5.31. The van der Waals surface area contributed by atoms with Crippen LogP contribution >= 0.6 is 35.0 Å². The number of methoxy groups -OCH3 is 1. The van der Waals surface area contributed by atoms with E-state index in [1.165, 1.54) is 11.8 Å². The van der Waals surface area contributed by atoms with E-state index < -0.39 is 0 Å². The number of nitrogens with zero attached hydrogens (tertiary/aromatic N) is 4. The number of amides is 1. The number of aromatic nitrogens is 3. The monoisotopic (exact) mass is 491 g/mol. The van der Waals surface area contributed by atoms with E-state index >= 15 is 0 Å². The molecule has 4 rings (SSSR count). The lowest BCUT2D eigenvalue weighted by Crippen LogP contribution is -2.22. The molecule has 7 nitrogen and oxygen atoms in total. The van der Waals surface area contributed by atoms with E-state index in [-0.39, 0.29) is 5.91 Å². The molecule has 1 aliphatic heterocycles. The molecule has 0 unspecified atom stereocenters. The molecule has 32 heavy (non-hydrogen) atoms. The summed E-state index contributed by atoms with van der Waals surface area (Å²) >= 11 is 13.8. The zero-order valence-electron chi connectivity index (χ0n) is 17.6. The van der Waals surface area contributed by atoms with Gasteiger partial charge in [-0.25, -0.2) is 0 Å². The van der Waals surface area contributed by atoms with Crippen LogP contribution in [0.1, 0.15) is 19.3 Å². The highest BCUT2D eigenvalue weighted by molar-refractivity contribution is 7.99. The van der Waals surface area contributed by atoms with Crippen LogP contribution in [0.2, 0.25) is 10.0 Å². The van der Waals surface area contributed by atoms with Gasteiger partial charge in [0.15, 0.2) is 5.16 Å². The lowest BCUT2D eigenvalue weighted by molar-refractivity contribution is -0.115. The van der Waals surface area contributed by atoms with Crippen molar-refractivity contribution in [2.24, 2.45) is 0 Å². The van der Waals surface area contributed by atoms with Gasteiger partial charge in [-0.15, -0.1) is 10.2 Å². The summed E-state index contributed by atoms with van der Waals surface area (Å²) in [6, 6.07) is 12.7. The molecule has 1 saturated heterocycles. The molecule has 1 fully saturated rings. The maximum Gasteiger partial charge on any atom is 0.232 e. The number of hydrogen-bond acceptors (Lipinski definition) is 6. The molecule has 1 N–H and O–H groups in total. The summed E-state index contributed by atoms with van der Waals surface area (Å²) in [7, 11) is 1.55. The molecule has 0 bridgehead atoms. The quantitative estimate of drug-likeness (QED) is 0.430.